The van der Waals surface area contributed by atoms with Gasteiger partial charge in [-0.3, -0.25) is 9.69 Å². The summed E-state index contributed by atoms with van der Waals surface area (Å²) in [5.74, 6) is 0.511. The molecule has 1 aliphatic rings. The van der Waals surface area contributed by atoms with Crippen LogP contribution < -0.4 is 5.32 Å². The number of thioether (sulfide) groups is 1. The molecule has 2 aromatic rings. The van der Waals surface area contributed by atoms with E-state index >= 15 is 0 Å². The summed E-state index contributed by atoms with van der Waals surface area (Å²) in [6, 6.07) is 8.70. The Labute approximate surface area is 177 Å². The number of amides is 1. The number of hydrogen-bond acceptors (Lipinski definition) is 5. The lowest BCUT2D eigenvalue weighted by molar-refractivity contribution is -0.118. The summed E-state index contributed by atoms with van der Waals surface area (Å²) in [6.45, 7) is 8.12. The van der Waals surface area contributed by atoms with Crippen LogP contribution in [0.4, 0.5) is 0 Å². The number of thiophene rings is 1. The van der Waals surface area contributed by atoms with Gasteiger partial charge in [0, 0.05) is 33.9 Å². The topological polar surface area (TPSA) is 41.6 Å². The fourth-order valence-electron chi connectivity index (χ4n) is 3.09. The number of hydrogen-bond donors (Lipinski definition) is 1. The first-order chi connectivity index (χ1) is 13.0. The Morgan fingerprint density at radius 1 is 1.33 bits per heavy atom. The van der Waals surface area contributed by atoms with Gasteiger partial charge in [-0.1, -0.05) is 22.0 Å². The van der Waals surface area contributed by atoms with Gasteiger partial charge in [0.1, 0.15) is 0 Å². The van der Waals surface area contributed by atoms with E-state index in [2.05, 4.69) is 69.6 Å². The van der Waals surface area contributed by atoms with Crippen molar-refractivity contribution < 1.29 is 9.53 Å². The molecule has 7 heteroatoms. The molecule has 1 aromatic heterocycles. The fraction of sp³-hybridized carbons (Fsp3) is 0.450. The van der Waals surface area contributed by atoms with Crippen molar-refractivity contribution in [2.45, 2.75) is 24.8 Å². The molecule has 0 aliphatic carbocycles. The second-order valence-corrected chi connectivity index (χ2v) is 9.49. The lowest BCUT2D eigenvalue weighted by atomic mass is 10.2. The zero-order valence-corrected chi connectivity index (χ0v) is 18.9. The van der Waals surface area contributed by atoms with Crippen molar-refractivity contribution in [2.75, 3.05) is 38.6 Å². The number of ether oxygens (including phenoxy) is 1. The minimum absolute atomic E-state index is 0.0785. The second kappa shape index (κ2) is 10.1. The Morgan fingerprint density at radius 2 is 2.11 bits per heavy atom. The predicted molar refractivity (Wildman–Crippen MR) is 117 cm³/mol. The highest BCUT2D eigenvalue weighted by Crippen LogP contribution is 2.29. The molecule has 1 amide bonds. The van der Waals surface area contributed by atoms with Crippen LogP contribution in [0.25, 0.3) is 0 Å². The number of rotatable bonds is 7. The van der Waals surface area contributed by atoms with Crippen LogP contribution in [-0.2, 0) is 9.53 Å². The first-order valence-corrected chi connectivity index (χ1v) is 11.7. The Kier molecular flexibility index (Phi) is 7.78. The third-order valence-electron chi connectivity index (χ3n) is 4.67. The number of nitrogens with one attached hydrogen (secondary N) is 1. The number of carbonyl (C=O) groups excluding carboxylic acids is 1. The van der Waals surface area contributed by atoms with Crippen molar-refractivity contribution in [2.24, 2.45) is 0 Å². The third-order valence-corrected chi connectivity index (χ3v) is 7.65. The molecule has 0 radical (unpaired) electrons. The molecule has 1 saturated heterocycles. The zero-order chi connectivity index (χ0) is 19.2. The lowest BCUT2D eigenvalue weighted by Crippen LogP contribution is -2.43. The first kappa shape index (κ1) is 20.9. The molecule has 1 aromatic carbocycles. The van der Waals surface area contributed by atoms with Gasteiger partial charge in [0.2, 0.25) is 5.91 Å². The van der Waals surface area contributed by atoms with Gasteiger partial charge in [0.15, 0.2) is 0 Å². The molecule has 1 N–H and O–H groups in total. The summed E-state index contributed by atoms with van der Waals surface area (Å²) in [7, 11) is 0. The molecule has 1 atom stereocenters. The van der Waals surface area contributed by atoms with Gasteiger partial charge in [-0.15, -0.1) is 23.1 Å². The highest BCUT2D eigenvalue weighted by atomic mass is 79.9. The van der Waals surface area contributed by atoms with E-state index in [9.17, 15) is 4.79 Å². The van der Waals surface area contributed by atoms with Gasteiger partial charge in [-0.25, -0.2) is 0 Å². The van der Waals surface area contributed by atoms with E-state index < -0.39 is 0 Å². The Hall–Kier alpha value is -0.860. The molecular formula is C20H25BrN2O2S2. The summed E-state index contributed by atoms with van der Waals surface area (Å²) >= 11 is 6.90. The van der Waals surface area contributed by atoms with E-state index in [-0.39, 0.29) is 11.9 Å². The average Bonchev–Trinajstić information content (AvgIpc) is 3.19. The van der Waals surface area contributed by atoms with Gasteiger partial charge >= 0.3 is 0 Å². The van der Waals surface area contributed by atoms with E-state index in [1.54, 1.807) is 23.1 Å². The maximum absolute atomic E-state index is 12.5. The van der Waals surface area contributed by atoms with Crippen LogP contribution in [-0.4, -0.2) is 49.4 Å². The quantitative estimate of drug-likeness (QED) is 0.610. The smallest absolute Gasteiger partial charge is 0.230 e. The van der Waals surface area contributed by atoms with Crippen LogP contribution in [0.2, 0.25) is 0 Å². The van der Waals surface area contributed by atoms with Crippen molar-refractivity contribution in [3.8, 4) is 0 Å². The van der Waals surface area contributed by atoms with Crippen molar-refractivity contribution >= 4 is 44.9 Å². The largest absolute Gasteiger partial charge is 0.379 e. The Balaban J connectivity index is 1.55. The first-order valence-electron chi connectivity index (χ1n) is 9.06. The summed E-state index contributed by atoms with van der Waals surface area (Å²) in [4.78, 5) is 17.3. The molecule has 1 aliphatic heterocycles. The van der Waals surface area contributed by atoms with E-state index in [0.717, 1.165) is 35.7 Å². The molecule has 0 saturated carbocycles. The summed E-state index contributed by atoms with van der Waals surface area (Å²) < 4.78 is 6.59. The maximum Gasteiger partial charge on any atom is 0.230 e. The van der Waals surface area contributed by atoms with E-state index in [1.165, 1.54) is 16.0 Å². The van der Waals surface area contributed by atoms with Crippen LogP contribution in [0, 0.1) is 13.8 Å². The van der Waals surface area contributed by atoms with Crippen LogP contribution in [0.3, 0.4) is 0 Å². The van der Waals surface area contributed by atoms with Gasteiger partial charge in [-0.2, -0.15) is 0 Å². The van der Waals surface area contributed by atoms with Crippen LogP contribution in [0.5, 0.6) is 0 Å². The zero-order valence-electron chi connectivity index (χ0n) is 15.7. The number of nitrogens with zero attached hydrogens (tertiary/aromatic N) is 1. The number of morpholine rings is 1. The third kappa shape index (κ3) is 5.81. The highest BCUT2D eigenvalue weighted by Gasteiger charge is 2.24. The second-order valence-electron chi connectivity index (χ2n) is 6.64. The minimum Gasteiger partial charge on any atom is -0.379 e. The monoisotopic (exact) mass is 468 g/mol. The van der Waals surface area contributed by atoms with Crippen molar-refractivity contribution in [3.63, 3.8) is 0 Å². The standard InChI is InChI=1S/C20H25BrN2O2S2/c1-14-11-19(15(2)10-16(14)21)27-13-20(24)22-12-17(18-4-3-9-26-18)23-5-7-25-8-6-23/h3-4,9-11,17H,5-8,12-13H2,1-2H3,(H,22,24)/t17-/m0/s1. The normalized spacial score (nSPS) is 16.3. The molecule has 2 heterocycles. The Morgan fingerprint density at radius 3 is 2.81 bits per heavy atom. The van der Waals surface area contributed by atoms with Crippen LogP contribution >= 0.6 is 39.0 Å². The van der Waals surface area contributed by atoms with Gasteiger partial charge in [0.25, 0.3) is 0 Å². The molecule has 1 fully saturated rings. The van der Waals surface area contributed by atoms with Crippen molar-refractivity contribution in [1.82, 2.24) is 10.2 Å². The van der Waals surface area contributed by atoms with Gasteiger partial charge < -0.3 is 10.1 Å². The molecule has 4 nitrogen and oxygen atoms in total. The minimum atomic E-state index is 0.0785. The Bertz CT molecular complexity index is 762. The van der Waals surface area contributed by atoms with Crippen molar-refractivity contribution in [1.29, 1.82) is 0 Å². The van der Waals surface area contributed by atoms with Crippen molar-refractivity contribution in [3.05, 3.63) is 50.1 Å². The highest BCUT2D eigenvalue weighted by molar-refractivity contribution is 9.10. The van der Waals surface area contributed by atoms with Gasteiger partial charge in [-0.05, 0) is 48.6 Å². The van der Waals surface area contributed by atoms with Crippen LogP contribution in [0.1, 0.15) is 22.0 Å². The number of benzene rings is 1. The molecule has 0 unspecified atom stereocenters. The molecular weight excluding hydrogens is 444 g/mol. The molecule has 0 spiro atoms. The predicted octanol–water partition coefficient (Wildman–Crippen LogP) is 4.41. The van der Waals surface area contributed by atoms with Gasteiger partial charge in [0.05, 0.1) is 25.0 Å². The lowest BCUT2D eigenvalue weighted by Gasteiger charge is -2.34. The van der Waals surface area contributed by atoms with E-state index in [4.69, 9.17) is 4.74 Å². The molecule has 27 heavy (non-hydrogen) atoms. The van der Waals surface area contributed by atoms with E-state index in [0.29, 0.717) is 12.3 Å². The number of aryl methyl sites for hydroxylation is 2. The molecule has 3 rings (SSSR count). The molecule has 0 bridgehead atoms. The fourth-order valence-corrected chi connectivity index (χ4v) is 5.35. The average molecular weight is 469 g/mol. The summed E-state index contributed by atoms with van der Waals surface area (Å²) in [5.41, 5.74) is 2.38. The summed E-state index contributed by atoms with van der Waals surface area (Å²) in [6.07, 6.45) is 0. The number of halogens is 1. The van der Waals surface area contributed by atoms with E-state index in [1.807, 2.05) is 0 Å². The number of carbonyl (C=O) groups is 1. The molecule has 146 valence electrons. The SMILES string of the molecule is Cc1cc(SCC(=O)NC[C@@H](c2cccs2)N2CCOCC2)c(C)cc1Br. The maximum atomic E-state index is 12.5. The van der Waals surface area contributed by atoms with Crippen LogP contribution in [0.15, 0.2) is 39.0 Å². The summed E-state index contributed by atoms with van der Waals surface area (Å²) in [5, 5.41) is 5.24.